The minimum absolute atomic E-state index is 0.223. The van der Waals surface area contributed by atoms with E-state index in [1.54, 1.807) is 0 Å². The Kier molecular flexibility index (Phi) is 3.29. The summed E-state index contributed by atoms with van der Waals surface area (Å²) in [5, 5.41) is 8.72. The lowest BCUT2D eigenvalue weighted by molar-refractivity contribution is 0.330. The van der Waals surface area contributed by atoms with E-state index in [1.165, 1.54) is 17.9 Å². The molecule has 1 saturated heterocycles. The Morgan fingerprint density at radius 1 is 1.80 bits per heavy atom. The molecule has 1 heterocycles. The van der Waals surface area contributed by atoms with Crippen LogP contribution in [0, 0.1) is 5.92 Å². The minimum Gasteiger partial charge on any atom is -0.392 e. The van der Waals surface area contributed by atoms with E-state index in [0.717, 1.165) is 11.5 Å². The third-order valence-corrected chi connectivity index (χ3v) is 2.92. The molecule has 1 aliphatic rings. The van der Waals surface area contributed by atoms with Crippen molar-refractivity contribution >= 4 is 11.8 Å². The van der Waals surface area contributed by atoms with Crippen molar-refractivity contribution in [2.45, 2.75) is 13.3 Å². The first-order valence-corrected chi connectivity index (χ1v) is 4.84. The van der Waals surface area contributed by atoms with Crippen LogP contribution in [0.15, 0.2) is 11.6 Å². The Labute approximate surface area is 66.5 Å². The van der Waals surface area contributed by atoms with Gasteiger partial charge in [0.2, 0.25) is 0 Å². The van der Waals surface area contributed by atoms with E-state index in [0.29, 0.717) is 0 Å². The minimum atomic E-state index is 0.223. The second-order valence-electron chi connectivity index (χ2n) is 2.79. The fourth-order valence-electron chi connectivity index (χ4n) is 1.14. The van der Waals surface area contributed by atoms with E-state index in [-0.39, 0.29) is 6.61 Å². The molecular weight excluding hydrogens is 144 g/mol. The van der Waals surface area contributed by atoms with Crippen LogP contribution < -0.4 is 0 Å². The second kappa shape index (κ2) is 4.04. The van der Waals surface area contributed by atoms with Gasteiger partial charge in [0.15, 0.2) is 0 Å². The summed E-state index contributed by atoms with van der Waals surface area (Å²) in [6, 6.07) is 0. The number of hydrogen-bond acceptors (Lipinski definition) is 2. The van der Waals surface area contributed by atoms with Gasteiger partial charge in [-0.1, -0.05) is 11.6 Å². The van der Waals surface area contributed by atoms with Crippen LogP contribution in [-0.2, 0) is 0 Å². The van der Waals surface area contributed by atoms with Crippen LogP contribution in [0.25, 0.3) is 0 Å². The molecule has 1 N–H and O–H groups in total. The van der Waals surface area contributed by atoms with Gasteiger partial charge in [0.25, 0.3) is 0 Å². The molecule has 58 valence electrons. The average molecular weight is 158 g/mol. The lowest BCUT2D eigenvalue weighted by Gasteiger charge is -2.01. The summed E-state index contributed by atoms with van der Waals surface area (Å²) in [5.74, 6) is 3.27. The predicted octanol–water partition coefficient (Wildman–Crippen LogP) is 1.68. The maximum absolute atomic E-state index is 8.72. The fraction of sp³-hybridized carbons (Fsp3) is 0.750. The zero-order valence-electron chi connectivity index (χ0n) is 6.34. The Bertz CT molecular complexity index is 125. The average Bonchev–Trinajstić information content (AvgIpc) is 2.40. The van der Waals surface area contributed by atoms with Crippen LogP contribution >= 0.6 is 11.8 Å². The van der Waals surface area contributed by atoms with E-state index < -0.39 is 0 Å². The molecule has 1 aliphatic heterocycles. The lowest BCUT2D eigenvalue weighted by atomic mass is 10.1. The highest BCUT2D eigenvalue weighted by Gasteiger charge is 2.12. The molecule has 0 aromatic rings. The normalized spacial score (nSPS) is 27.4. The van der Waals surface area contributed by atoms with Crippen molar-refractivity contribution < 1.29 is 5.11 Å². The Morgan fingerprint density at radius 2 is 2.60 bits per heavy atom. The highest BCUT2D eigenvalue weighted by molar-refractivity contribution is 7.99. The molecule has 0 aromatic heterocycles. The number of thioether (sulfide) groups is 1. The number of allylic oxidation sites excluding steroid dienone is 1. The molecule has 0 aromatic carbocycles. The van der Waals surface area contributed by atoms with Crippen molar-refractivity contribution in [3.8, 4) is 0 Å². The maximum Gasteiger partial charge on any atom is 0.0639 e. The molecule has 0 spiro atoms. The fourth-order valence-corrected chi connectivity index (χ4v) is 2.34. The summed E-state index contributed by atoms with van der Waals surface area (Å²) in [5.41, 5.74) is 1.12. The molecule has 1 nitrogen and oxygen atoms in total. The van der Waals surface area contributed by atoms with Crippen LogP contribution in [0.2, 0.25) is 0 Å². The monoisotopic (exact) mass is 158 g/mol. The topological polar surface area (TPSA) is 20.2 Å². The predicted molar refractivity (Wildman–Crippen MR) is 46.3 cm³/mol. The van der Waals surface area contributed by atoms with Gasteiger partial charge in [-0.15, -0.1) is 0 Å². The van der Waals surface area contributed by atoms with Crippen LogP contribution in [0.3, 0.4) is 0 Å². The third-order valence-electron chi connectivity index (χ3n) is 1.73. The third kappa shape index (κ3) is 2.35. The smallest absolute Gasteiger partial charge is 0.0639 e. The largest absolute Gasteiger partial charge is 0.392 e. The first kappa shape index (κ1) is 8.15. The van der Waals surface area contributed by atoms with E-state index >= 15 is 0 Å². The van der Waals surface area contributed by atoms with Gasteiger partial charge in [-0.05, 0) is 30.8 Å². The summed E-state index contributed by atoms with van der Waals surface area (Å²) in [4.78, 5) is 0. The molecule has 10 heavy (non-hydrogen) atoms. The van der Waals surface area contributed by atoms with Gasteiger partial charge in [0, 0.05) is 0 Å². The van der Waals surface area contributed by atoms with Crippen molar-refractivity contribution in [2.24, 2.45) is 5.92 Å². The Hall–Kier alpha value is 0.0500. The van der Waals surface area contributed by atoms with Gasteiger partial charge in [-0.3, -0.25) is 0 Å². The summed E-state index contributed by atoms with van der Waals surface area (Å²) in [6.07, 6.45) is 3.50. The van der Waals surface area contributed by atoms with Crippen molar-refractivity contribution in [2.75, 3.05) is 18.1 Å². The summed E-state index contributed by atoms with van der Waals surface area (Å²) in [7, 11) is 0. The number of aliphatic hydroxyl groups is 1. The molecule has 0 bridgehead atoms. The van der Waals surface area contributed by atoms with Crippen molar-refractivity contribution in [1.29, 1.82) is 0 Å². The van der Waals surface area contributed by atoms with Gasteiger partial charge in [0.1, 0.15) is 0 Å². The molecule has 0 radical (unpaired) electrons. The van der Waals surface area contributed by atoms with E-state index in [4.69, 9.17) is 5.11 Å². The zero-order chi connectivity index (χ0) is 7.40. The van der Waals surface area contributed by atoms with E-state index in [1.807, 2.05) is 18.7 Å². The highest BCUT2D eigenvalue weighted by atomic mass is 32.2. The van der Waals surface area contributed by atoms with Gasteiger partial charge in [-0.25, -0.2) is 0 Å². The molecule has 0 aliphatic carbocycles. The Balaban J connectivity index is 2.34. The van der Waals surface area contributed by atoms with Crippen LogP contribution in [0.5, 0.6) is 0 Å². The first-order chi connectivity index (χ1) is 4.83. The van der Waals surface area contributed by atoms with Gasteiger partial charge in [-0.2, -0.15) is 11.8 Å². The second-order valence-corrected chi connectivity index (χ2v) is 3.94. The van der Waals surface area contributed by atoms with Crippen LogP contribution in [0.4, 0.5) is 0 Å². The number of rotatable bonds is 2. The molecule has 0 amide bonds. The van der Waals surface area contributed by atoms with Gasteiger partial charge >= 0.3 is 0 Å². The van der Waals surface area contributed by atoms with Crippen molar-refractivity contribution in [3.05, 3.63) is 11.6 Å². The molecule has 0 saturated carbocycles. The summed E-state index contributed by atoms with van der Waals surface area (Å²) >= 11 is 2.01. The molecule has 2 heteroatoms. The molecule has 1 atom stereocenters. The van der Waals surface area contributed by atoms with Gasteiger partial charge in [0.05, 0.1) is 6.61 Å². The summed E-state index contributed by atoms with van der Waals surface area (Å²) < 4.78 is 0. The van der Waals surface area contributed by atoms with Gasteiger partial charge < -0.3 is 5.11 Å². The molecular formula is C8H14OS. The van der Waals surface area contributed by atoms with Crippen molar-refractivity contribution in [1.82, 2.24) is 0 Å². The number of aliphatic hydroxyl groups excluding tert-OH is 1. The zero-order valence-corrected chi connectivity index (χ0v) is 7.16. The molecule has 1 rings (SSSR count). The first-order valence-electron chi connectivity index (χ1n) is 3.69. The maximum atomic E-state index is 8.72. The SMILES string of the molecule is CC(=CC1CCSC1)CO. The van der Waals surface area contributed by atoms with E-state index in [9.17, 15) is 0 Å². The number of hydrogen-bond donors (Lipinski definition) is 1. The molecule has 1 fully saturated rings. The quantitative estimate of drug-likeness (QED) is 0.617. The van der Waals surface area contributed by atoms with E-state index in [2.05, 4.69) is 6.08 Å². The van der Waals surface area contributed by atoms with Crippen LogP contribution in [0.1, 0.15) is 13.3 Å². The standard InChI is InChI=1S/C8H14OS/c1-7(5-9)4-8-2-3-10-6-8/h4,8-9H,2-3,5-6H2,1H3. The van der Waals surface area contributed by atoms with Crippen molar-refractivity contribution in [3.63, 3.8) is 0 Å². The highest BCUT2D eigenvalue weighted by Crippen LogP contribution is 2.25. The Morgan fingerprint density at radius 3 is 3.10 bits per heavy atom. The summed E-state index contributed by atoms with van der Waals surface area (Å²) in [6.45, 7) is 2.21. The molecule has 1 unspecified atom stereocenters. The van der Waals surface area contributed by atoms with Crippen LogP contribution in [-0.4, -0.2) is 23.2 Å². The lowest BCUT2D eigenvalue weighted by Crippen LogP contribution is -1.95.